The maximum atomic E-state index is 11.4. The zero-order chi connectivity index (χ0) is 13.6. The average Bonchev–Trinajstić information content (AvgIpc) is 2.82. The summed E-state index contributed by atoms with van der Waals surface area (Å²) in [6.45, 7) is 9.22. The highest BCUT2D eigenvalue weighted by Gasteiger charge is 2.44. The first-order chi connectivity index (χ1) is 8.22. The van der Waals surface area contributed by atoms with Gasteiger partial charge in [-0.3, -0.25) is 9.69 Å². The van der Waals surface area contributed by atoms with Crippen LogP contribution >= 0.6 is 0 Å². The van der Waals surface area contributed by atoms with E-state index >= 15 is 0 Å². The molecule has 1 saturated carbocycles. The number of likely N-dealkylation sites (tertiary alicyclic amines) is 1. The lowest BCUT2D eigenvalue weighted by Gasteiger charge is -2.29. The van der Waals surface area contributed by atoms with Gasteiger partial charge in [-0.05, 0) is 43.6 Å². The predicted molar refractivity (Wildman–Crippen MR) is 72.9 cm³/mol. The molecule has 4 heteroatoms. The molecule has 1 saturated heterocycles. The molecule has 0 aromatic heterocycles. The van der Waals surface area contributed by atoms with Gasteiger partial charge in [0.2, 0.25) is 5.91 Å². The van der Waals surface area contributed by atoms with Crippen molar-refractivity contribution >= 4 is 5.91 Å². The highest BCUT2D eigenvalue weighted by molar-refractivity contribution is 5.84. The first-order valence-electron chi connectivity index (χ1n) is 7.05. The molecule has 2 rings (SSSR count). The van der Waals surface area contributed by atoms with E-state index in [2.05, 4.69) is 25.7 Å². The van der Waals surface area contributed by atoms with E-state index in [9.17, 15) is 4.79 Å². The van der Waals surface area contributed by atoms with Crippen LogP contribution in [0.15, 0.2) is 0 Å². The molecular formula is C14H27N3O. The molecule has 3 unspecified atom stereocenters. The molecule has 2 aliphatic rings. The Morgan fingerprint density at radius 3 is 2.44 bits per heavy atom. The zero-order valence-electron chi connectivity index (χ0n) is 11.9. The van der Waals surface area contributed by atoms with Crippen LogP contribution in [0.4, 0.5) is 0 Å². The average molecular weight is 253 g/mol. The number of hydrogen-bond acceptors (Lipinski definition) is 3. The summed E-state index contributed by atoms with van der Waals surface area (Å²) in [6.07, 6.45) is 3.74. The lowest BCUT2D eigenvalue weighted by atomic mass is 9.80. The van der Waals surface area contributed by atoms with Crippen LogP contribution in [-0.4, -0.2) is 35.5 Å². The summed E-state index contributed by atoms with van der Waals surface area (Å²) < 4.78 is 0. The van der Waals surface area contributed by atoms with E-state index in [1.54, 1.807) is 0 Å². The lowest BCUT2D eigenvalue weighted by molar-refractivity contribution is -0.123. The number of rotatable bonds is 2. The van der Waals surface area contributed by atoms with Gasteiger partial charge in [-0.15, -0.1) is 0 Å². The Bertz CT molecular complexity index is 336. The Hall–Kier alpha value is -0.610. The van der Waals surface area contributed by atoms with Gasteiger partial charge in [0.05, 0.1) is 5.54 Å². The fourth-order valence-electron chi connectivity index (χ4n) is 3.41. The molecule has 0 spiro atoms. The third-order valence-electron chi connectivity index (χ3n) is 4.98. The van der Waals surface area contributed by atoms with Gasteiger partial charge in [-0.1, -0.05) is 20.8 Å². The van der Waals surface area contributed by atoms with Crippen molar-refractivity contribution in [3.63, 3.8) is 0 Å². The van der Waals surface area contributed by atoms with Gasteiger partial charge >= 0.3 is 0 Å². The van der Waals surface area contributed by atoms with Crippen LogP contribution in [0.3, 0.4) is 0 Å². The second-order valence-corrected chi connectivity index (χ2v) is 7.26. The molecule has 18 heavy (non-hydrogen) atoms. The van der Waals surface area contributed by atoms with Crippen LogP contribution < -0.4 is 11.5 Å². The summed E-state index contributed by atoms with van der Waals surface area (Å²) in [6, 6.07) is 0.454. The molecule has 4 N–H and O–H groups in total. The highest BCUT2D eigenvalue weighted by Crippen LogP contribution is 2.38. The predicted octanol–water partition coefficient (Wildman–Crippen LogP) is 1.09. The van der Waals surface area contributed by atoms with Gasteiger partial charge in [-0.2, -0.15) is 0 Å². The molecular weight excluding hydrogens is 226 g/mol. The minimum atomic E-state index is -0.759. The van der Waals surface area contributed by atoms with Gasteiger partial charge in [-0.25, -0.2) is 0 Å². The molecule has 0 aromatic rings. The number of nitrogens with zero attached hydrogens (tertiary/aromatic N) is 1. The maximum absolute atomic E-state index is 11.4. The molecule has 0 aromatic carbocycles. The van der Waals surface area contributed by atoms with E-state index in [-0.39, 0.29) is 5.91 Å². The molecule has 2 fully saturated rings. The highest BCUT2D eigenvalue weighted by atomic mass is 16.1. The van der Waals surface area contributed by atoms with Crippen LogP contribution in [0.2, 0.25) is 0 Å². The SMILES string of the molecule is CC(C)(C)C1CCN(C2CCC(N)(C(N)=O)C2)C1. The standard InChI is InChI=1S/C14H27N3O/c1-13(2,3)10-5-7-17(9-10)11-4-6-14(16,8-11)12(15)18/h10-11H,4-9,16H2,1-3H3,(H2,15,18). The van der Waals surface area contributed by atoms with E-state index in [1.165, 1.54) is 6.42 Å². The Morgan fingerprint density at radius 1 is 1.33 bits per heavy atom. The zero-order valence-corrected chi connectivity index (χ0v) is 11.9. The van der Waals surface area contributed by atoms with Gasteiger partial charge < -0.3 is 11.5 Å². The molecule has 0 bridgehead atoms. The van der Waals surface area contributed by atoms with Crippen molar-refractivity contribution in [2.45, 2.75) is 58.0 Å². The Labute approximate surface area is 110 Å². The normalized spacial score (nSPS) is 38.2. The Balaban J connectivity index is 1.94. The van der Waals surface area contributed by atoms with Gasteiger partial charge in [0.25, 0.3) is 0 Å². The number of carbonyl (C=O) groups is 1. The van der Waals surface area contributed by atoms with Crippen LogP contribution in [0, 0.1) is 11.3 Å². The second kappa shape index (κ2) is 4.49. The molecule has 1 aliphatic heterocycles. The van der Waals surface area contributed by atoms with Crippen LogP contribution in [0.25, 0.3) is 0 Å². The first kappa shape index (κ1) is 13.8. The van der Waals surface area contributed by atoms with Crippen LogP contribution in [0.1, 0.15) is 46.5 Å². The minimum Gasteiger partial charge on any atom is -0.368 e. The molecule has 3 atom stereocenters. The van der Waals surface area contributed by atoms with Crippen LogP contribution in [0.5, 0.6) is 0 Å². The van der Waals surface area contributed by atoms with Crippen molar-refractivity contribution in [2.75, 3.05) is 13.1 Å². The van der Waals surface area contributed by atoms with Crippen molar-refractivity contribution in [1.29, 1.82) is 0 Å². The molecule has 4 nitrogen and oxygen atoms in total. The topological polar surface area (TPSA) is 72.3 Å². The maximum Gasteiger partial charge on any atom is 0.237 e. The van der Waals surface area contributed by atoms with E-state index < -0.39 is 5.54 Å². The Kier molecular flexibility index (Phi) is 3.45. The molecule has 1 amide bonds. The summed E-state index contributed by atoms with van der Waals surface area (Å²) >= 11 is 0. The van der Waals surface area contributed by atoms with Crippen molar-refractivity contribution in [3.05, 3.63) is 0 Å². The quantitative estimate of drug-likeness (QED) is 0.774. The summed E-state index contributed by atoms with van der Waals surface area (Å²) in [5.41, 5.74) is 11.1. The van der Waals surface area contributed by atoms with Gasteiger partial charge in [0.15, 0.2) is 0 Å². The van der Waals surface area contributed by atoms with E-state index in [0.717, 1.165) is 38.3 Å². The number of primary amides is 1. The van der Waals surface area contributed by atoms with E-state index in [1.807, 2.05) is 0 Å². The first-order valence-corrected chi connectivity index (χ1v) is 7.05. The monoisotopic (exact) mass is 253 g/mol. The van der Waals surface area contributed by atoms with Crippen molar-refractivity contribution in [2.24, 2.45) is 22.8 Å². The Morgan fingerprint density at radius 2 is 2.00 bits per heavy atom. The van der Waals surface area contributed by atoms with Crippen molar-refractivity contribution < 1.29 is 4.79 Å². The number of carbonyl (C=O) groups excluding carboxylic acids is 1. The van der Waals surface area contributed by atoms with Crippen LogP contribution in [-0.2, 0) is 4.79 Å². The number of nitrogens with two attached hydrogens (primary N) is 2. The summed E-state index contributed by atoms with van der Waals surface area (Å²) in [4.78, 5) is 13.9. The smallest absolute Gasteiger partial charge is 0.237 e. The second-order valence-electron chi connectivity index (χ2n) is 7.26. The van der Waals surface area contributed by atoms with Crippen molar-refractivity contribution in [3.8, 4) is 0 Å². The summed E-state index contributed by atoms with van der Waals surface area (Å²) in [5.74, 6) is 0.412. The number of amides is 1. The fraction of sp³-hybridized carbons (Fsp3) is 0.929. The fourth-order valence-corrected chi connectivity index (χ4v) is 3.41. The van der Waals surface area contributed by atoms with Gasteiger partial charge in [0.1, 0.15) is 0 Å². The third kappa shape index (κ3) is 2.54. The number of hydrogen-bond donors (Lipinski definition) is 2. The summed E-state index contributed by atoms with van der Waals surface area (Å²) in [5, 5.41) is 0. The molecule has 1 heterocycles. The van der Waals surface area contributed by atoms with E-state index in [0.29, 0.717) is 11.5 Å². The minimum absolute atomic E-state index is 0.337. The largest absolute Gasteiger partial charge is 0.368 e. The van der Waals surface area contributed by atoms with E-state index in [4.69, 9.17) is 11.5 Å². The summed E-state index contributed by atoms with van der Waals surface area (Å²) in [7, 11) is 0. The molecule has 1 aliphatic carbocycles. The van der Waals surface area contributed by atoms with Gasteiger partial charge in [0, 0.05) is 12.6 Å². The lowest BCUT2D eigenvalue weighted by Crippen LogP contribution is -2.51. The molecule has 104 valence electrons. The third-order valence-corrected chi connectivity index (χ3v) is 4.98. The molecule has 0 radical (unpaired) electrons. The van der Waals surface area contributed by atoms with Crippen molar-refractivity contribution in [1.82, 2.24) is 4.90 Å².